The minimum Gasteiger partial charge on any atom is -0.345 e. The van der Waals surface area contributed by atoms with Gasteiger partial charge in [-0.05, 0) is 61.2 Å². The Balaban J connectivity index is 1.76. The van der Waals surface area contributed by atoms with Gasteiger partial charge in [0.1, 0.15) is 5.82 Å². The van der Waals surface area contributed by atoms with Gasteiger partial charge in [0, 0.05) is 31.0 Å². The molecule has 0 heterocycles. The Morgan fingerprint density at radius 3 is 2.57 bits per heavy atom. The zero-order valence-corrected chi connectivity index (χ0v) is 12.6. The van der Waals surface area contributed by atoms with Crippen molar-refractivity contribution in [3.8, 4) is 0 Å². The molecule has 0 atom stereocenters. The van der Waals surface area contributed by atoms with Gasteiger partial charge >= 0.3 is 0 Å². The van der Waals surface area contributed by atoms with Crippen molar-refractivity contribution in [1.29, 1.82) is 0 Å². The van der Waals surface area contributed by atoms with Gasteiger partial charge in [0.25, 0.3) is 0 Å². The number of aryl methyl sites for hydroxylation is 1. The third-order valence-electron chi connectivity index (χ3n) is 4.07. The van der Waals surface area contributed by atoms with Crippen molar-refractivity contribution in [3.63, 3.8) is 0 Å². The first-order chi connectivity index (χ1) is 10.1. The molecule has 1 fully saturated rings. The quantitative estimate of drug-likeness (QED) is 0.887. The van der Waals surface area contributed by atoms with Crippen LogP contribution >= 0.6 is 0 Å². The summed E-state index contributed by atoms with van der Waals surface area (Å²) in [7, 11) is 1.96. The van der Waals surface area contributed by atoms with E-state index in [2.05, 4.69) is 30.4 Å². The maximum atomic E-state index is 13.3. The van der Waals surface area contributed by atoms with Crippen molar-refractivity contribution in [3.05, 3.63) is 59.4 Å². The fourth-order valence-electron chi connectivity index (χ4n) is 2.46. The summed E-state index contributed by atoms with van der Waals surface area (Å²) in [5.74, 6) is -0.207. The van der Waals surface area contributed by atoms with Crippen molar-refractivity contribution in [2.24, 2.45) is 0 Å². The Kier molecular flexibility index (Phi) is 3.93. The van der Waals surface area contributed by atoms with Crippen LogP contribution in [0.3, 0.4) is 0 Å². The van der Waals surface area contributed by atoms with E-state index in [-0.39, 0.29) is 5.82 Å². The summed E-state index contributed by atoms with van der Waals surface area (Å²) in [6.07, 6.45) is 2.61. The van der Waals surface area contributed by atoms with Crippen LogP contribution in [0, 0.1) is 12.7 Å². The maximum Gasteiger partial charge on any atom is 0.125 e. The van der Waals surface area contributed by atoms with E-state index in [4.69, 9.17) is 0 Å². The lowest BCUT2D eigenvalue weighted by Gasteiger charge is -2.21. The van der Waals surface area contributed by atoms with Gasteiger partial charge in [-0.25, -0.2) is 4.39 Å². The SMILES string of the molecule is Cc1cc(N(C)c2cccc(F)c2)ccc1CNC1CC1. The van der Waals surface area contributed by atoms with Gasteiger partial charge in [-0.1, -0.05) is 12.1 Å². The van der Waals surface area contributed by atoms with Gasteiger partial charge in [-0.15, -0.1) is 0 Å². The third kappa shape index (κ3) is 3.42. The Morgan fingerprint density at radius 2 is 1.90 bits per heavy atom. The van der Waals surface area contributed by atoms with Crippen molar-refractivity contribution >= 4 is 11.4 Å². The van der Waals surface area contributed by atoms with E-state index in [0.29, 0.717) is 0 Å². The molecule has 2 nitrogen and oxygen atoms in total. The molecule has 110 valence electrons. The Bertz CT molecular complexity index is 635. The molecular formula is C18H21FN2. The molecule has 0 unspecified atom stereocenters. The Morgan fingerprint density at radius 1 is 1.14 bits per heavy atom. The van der Waals surface area contributed by atoms with E-state index in [1.165, 1.54) is 30.0 Å². The molecule has 1 aliphatic carbocycles. The average Bonchev–Trinajstić information content (AvgIpc) is 3.29. The molecule has 1 aliphatic rings. The average molecular weight is 284 g/mol. The number of nitrogens with zero attached hydrogens (tertiary/aromatic N) is 1. The molecule has 2 aromatic rings. The van der Waals surface area contributed by atoms with Crippen LogP contribution in [0.1, 0.15) is 24.0 Å². The molecule has 0 saturated heterocycles. The predicted molar refractivity (Wildman–Crippen MR) is 85.5 cm³/mol. The van der Waals surface area contributed by atoms with E-state index >= 15 is 0 Å². The highest BCUT2D eigenvalue weighted by atomic mass is 19.1. The standard InChI is InChI=1S/C18H21FN2/c1-13-10-18(9-6-14(13)12-20-16-7-8-16)21(2)17-5-3-4-15(19)11-17/h3-6,9-11,16,20H,7-8,12H2,1-2H3. The smallest absolute Gasteiger partial charge is 0.125 e. The summed E-state index contributed by atoms with van der Waals surface area (Å²) in [6, 6.07) is 13.8. The number of hydrogen-bond donors (Lipinski definition) is 1. The first-order valence-corrected chi connectivity index (χ1v) is 7.46. The normalized spacial score (nSPS) is 14.2. The van der Waals surface area contributed by atoms with Crippen molar-refractivity contribution < 1.29 is 4.39 Å². The summed E-state index contributed by atoms with van der Waals surface area (Å²) in [5, 5.41) is 3.54. The fourth-order valence-corrected chi connectivity index (χ4v) is 2.46. The second-order valence-corrected chi connectivity index (χ2v) is 5.80. The number of halogens is 1. The highest BCUT2D eigenvalue weighted by Gasteiger charge is 2.20. The molecule has 0 aliphatic heterocycles. The summed E-state index contributed by atoms with van der Waals surface area (Å²) in [6.45, 7) is 3.06. The number of hydrogen-bond acceptors (Lipinski definition) is 2. The van der Waals surface area contributed by atoms with Crippen LogP contribution in [0.2, 0.25) is 0 Å². The highest BCUT2D eigenvalue weighted by molar-refractivity contribution is 5.63. The van der Waals surface area contributed by atoms with E-state index < -0.39 is 0 Å². The molecular weight excluding hydrogens is 263 g/mol. The highest BCUT2D eigenvalue weighted by Crippen LogP contribution is 2.26. The van der Waals surface area contributed by atoms with E-state index in [0.717, 1.165) is 24.0 Å². The summed E-state index contributed by atoms with van der Waals surface area (Å²) >= 11 is 0. The van der Waals surface area contributed by atoms with Crippen LogP contribution in [0.25, 0.3) is 0 Å². The number of nitrogens with one attached hydrogen (secondary N) is 1. The topological polar surface area (TPSA) is 15.3 Å². The van der Waals surface area contributed by atoms with Crippen LogP contribution in [-0.2, 0) is 6.54 Å². The Hall–Kier alpha value is -1.87. The summed E-state index contributed by atoms with van der Waals surface area (Å²) in [4.78, 5) is 2.01. The molecule has 0 amide bonds. The predicted octanol–water partition coefficient (Wildman–Crippen LogP) is 4.15. The first-order valence-electron chi connectivity index (χ1n) is 7.46. The molecule has 0 radical (unpaired) electrons. The molecule has 3 rings (SSSR count). The molecule has 0 bridgehead atoms. The molecule has 0 spiro atoms. The second-order valence-electron chi connectivity index (χ2n) is 5.80. The number of benzene rings is 2. The Labute approximate surface area is 125 Å². The van der Waals surface area contributed by atoms with Crippen molar-refractivity contribution in [2.75, 3.05) is 11.9 Å². The summed E-state index contributed by atoms with van der Waals surface area (Å²) in [5.41, 5.74) is 4.54. The van der Waals surface area contributed by atoms with Crippen molar-refractivity contribution in [2.45, 2.75) is 32.4 Å². The second kappa shape index (κ2) is 5.86. The van der Waals surface area contributed by atoms with Gasteiger partial charge in [0.2, 0.25) is 0 Å². The molecule has 1 N–H and O–H groups in total. The third-order valence-corrected chi connectivity index (χ3v) is 4.07. The van der Waals surface area contributed by atoms with Crippen LogP contribution in [0.4, 0.5) is 15.8 Å². The van der Waals surface area contributed by atoms with E-state index in [1.54, 1.807) is 12.1 Å². The summed E-state index contributed by atoms with van der Waals surface area (Å²) < 4.78 is 13.3. The van der Waals surface area contributed by atoms with Gasteiger partial charge < -0.3 is 10.2 Å². The lowest BCUT2D eigenvalue weighted by Crippen LogP contribution is -2.16. The molecule has 3 heteroatoms. The zero-order chi connectivity index (χ0) is 14.8. The largest absolute Gasteiger partial charge is 0.345 e. The first kappa shape index (κ1) is 14.1. The fraction of sp³-hybridized carbons (Fsp3) is 0.333. The monoisotopic (exact) mass is 284 g/mol. The van der Waals surface area contributed by atoms with Gasteiger partial charge in [0.05, 0.1) is 0 Å². The van der Waals surface area contributed by atoms with Crippen LogP contribution < -0.4 is 10.2 Å². The molecule has 1 saturated carbocycles. The molecule has 2 aromatic carbocycles. The zero-order valence-electron chi connectivity index (χ0n) is 12.6. The molecule has 0 aromatic heterocycles. The van der Waals surface area contributed by atoms with Crippen LogP contribution in [-0.4, -0.2) is 13.1 Å². The minimum atomic E-state index is -0.207. The van der Waals surface area contributed by atoms with Crippen molar-refractivity contribution in [1.82, 2.24) is 5.32 Å². The van der Waals surface area contributed by atoms with Gasteiger partial charge in [-0.2, -0.15) is 0 Å². The van der Waals surface area contributed by atoms with Gasteiger partial charge in [-0.3, -0.25) is 0 Å². The maximum absolute atomic E-state index is 13.3. The van der Waals surface area contributed by atoms with Gasteiger partial charge in [0.15, 0.2) is 0 Å². The van der Waals surface area contributed by atoms with E-state index in [9.17, 15) is 4.39 Å². The number of anilines is 2. The lowest BCUT2D eigenvalue weighted by molar-refractivity contribution is 0.628. The van der Waals surface area contributed by atoms with Crippen LogP contribution in [0.15, 0.2) is 42.5 Å². The minimum absolute atomic E-state index is 0.207. The number of rotatable bonds is 5. The lowest BCUT2D eigenvalue weighted by atomic mass is 10.1. The molecule has 21 heavy (non-hydrogen) atoms. The van der Waals surface area contributed by atoms with E-state index in [1.807, 2.05) is 18.0 Å². The van der Waals surface area contributed by atoms with Crippen LogP contribution in [0.5, 0.6) is 0 Å².